The summed E-state index contributed by atoms with van der Waals surface area (Å²) >= 11 is 0. The van der Waals surface area contributed by atoms with Crippen LogP contribution in [0.1, 0.15) is 0 Å². The second-order valence-electron chi connectivity index (χ2n) is 4.44. The minimum atomic E-state index is 0.589. The lowest BCUT2D eigenvalue weighted by molar-refractivity contribution is 0.396. The summed E-state index contributed by atoms with van der Waals surface area (Å²) in [5.74, 6) is 2.22. The monoisotopic (exact) mass is 272 g/mol. The third-order valence-corrected chi connectivity index (χ3v) is 3.26. The Balaban J connectivity index is 1.66. The molecule has 2 aromatic rings. The third kappa shape index (κ3) is 2.61. The lowest BCUT2D eigenvalue weighted by atomic mass is 10.3. The lowest BCUT2D eigenvalue weighted by Gasteiger charge is -2.35. The Kier molecular flexibility index (Phi) is 3.58. The van der Waals surface area contributed by atoms with Crippen molar-refractivity contribution >= 4 is 11.8 Å². The maximum atomic E-state index is 5.13. The van der Waals surface area contributed by atoms with Gasteiger partial charge in [-0.05, 0) is 0 Å². The first-order chi connectivity index (χ1) is 9.86. The minimum absolute atomic E-state index is 0.589. The van der Waals surface area contributed by atoms with Gasteiger partial charge in [-0.2, -0.15) is 4.98 Å². The number of hydrogen-bond acceptors (Lipinski definition) is 7. The molecule has 0 atom stereocenters. The van der Waals surface area contributed by atoms with E-state index in [9.17, 15) is 0 Å². The largest absolute Gasteiger partial charge is 0.481 e. The zero-order valence-corrected chi connectivity index (χ0v) is 11.3. The lowest BCUT2D eigenvalue weighted by Crippen LogP contribution is -2.47. The first kappa shape index (κ1) is 12.6. The van der Waals surface area contributed by atoms with Crippen molar-refractivity contribution in [3.63, 3.8) is 0 Å². The van der Waals surface area contributed by atoms with Gasteiger partial charge in [0, 0.05) is 50.8 Å². The number of rotatable bonds is 3. The number of aromatic nitrogens is 4. The standard InChI is InChI=1S/C13H16N6O/c1-20-12-2-3-16-13(17-12)19-8-6-18(7-9-19)11-10-14-4-5-15-11/h2-5,10H,6-9H2,1H3. The average Bonchev–Trinajstić information content (AvgIpc) is 2.56. The van der Waals surface area contributed by atoms with E-state index in [1.165, 1.54) is 0 Å². The highest BCUT2D eigenvalue weighted by atomic mass is 16.5. The van der Waals surface area contributed by atoms with Crippen LogP contribution in [0.25, 0.3) is 0 Å². The molecule has 3 rings (SSSR count). The molecule has 20 heavy (non-hydrogen) atoms. The SMILES string of the molecule is COc1ccnc(N2CCN(c3cnccn3)CC2)n1. The Morgan fingerprint density at radius 3 is 2.50 bits per heavy atom. The van der Waals surface area contributed by atoms with E-state index in [4.69, 9.17) is 4.74 Å². The smallest absolute Gasteiger partial charge is 0.228 e. The van der Waals surface area contributed by atoms with E-state index >= 15 is 0 Å². The summed E-state index contributed by atoms with van der Waals surface area (Å²) in [6, 6.07) is 1.75. The molecule has 104 valence electrons. The second kappa shape index (κ2) is 5.68. The van der Waals surface area contributed by atoms with Crippen molar-refractivity contribution in [2.24, 2.45) is 0 Å². The van der Waals surface area contributed by atoms with Crippen molar-refractivity contribution in [2.75, 3.05) is 43.1 Å². The van der Waals surface area contributed by atoms with E-state index < -0.39 is 0 Å². The van der Waals surface area contributed by atoms with Gasteiger partial charge >= 0.3 is 0 Å². The molecule has 7 nitrogen and oxygen atoms in total. The molecule has 0 bridgehead atoms. The predicted octanol–water partition coefficient (Wildman–Crippen LogP) is 0.602. The van der Waals surface area contributed by atoms with Gasteiger partial charge in [0.05, 0.1) is 13.3 Å². The van der Waals surface area contributed by atoms with E-state index in [-0.39, 0.29) is 0 Å². The van der Waals surface area contributed by atoms with Gasteiger partial charge in [0.2, 0.25) is 11.8 Å². The number of hydrogen-bond donors (Lipinski definition) is 0. The summed E-state index contributed by atoms with van der Waals surface area (Å²) < 4.78 is 5.13. The van der Waals surface area contributed by atoms with Gasteiger partial charge in [-0.15, -0.1) is 0 Å². The summed E-state index contributed by atoms with van der Waals surface area (Å²) in [4.78, 5) is 21.4. The van der Waals surface area contributed by atoms with Crippen LogP contribution >= 0.6 is 0 Å². The molecule has 7 heteroatoms. The molecule has 1 saturated heterocycles. The van der Waals surface area contributed by atoms with E-state index in [1.54, 1.807) is 38.0 Å². The van der Waals surface area contributed by atoms with Crippen molar-refractivity contribution < 1.29 is 4.74 Å². The van der Waals surface area contributed by atoms with Gasteiger partial charge in [0.1, 0.15) is 5.82 Å². The fraction of sp³-hybridized carbons (Fsp3) is 0.385. The zero-order valence-electron chi connectivity index (χ0n) is 11.3. The molecule has 0 aromatic carbocycles. The summed E-state index contributed by atoms with van der Waals surface area (Å²) in [6.07, 6.45) is 6.91. The van der Waals surface area contributed by atoms with Crippen LogP contribution in [0, 0.1) is 0 Å². The molecular weight excluding hydrogens is 256 g/mol. The van der Waals surface area contributed by atoms with Crippen LogP contribution in [0.15, 0.2) is 30.9 Å². The Morgan fingerprint density at radius 1 is 1.00 bits per heavy atom. The predicted molar refractivity (Wildman–Crippen MR) is 75.0 cm³/mol. The topological polar surface area (TPSA) is 67.3 Å². The van der Waals surface area contributed by atoms with E-state index in [0.29, 0.717) is 11.8 Å². The van der Waals surface area contributed by atoms with Crippen LogP contribution in [-0.4, -0.2) is 53.2 Å². The highest BCUT2D eigenvalue weighted by molar-refractivity contribution is 5.40. The number of piperazine rings is 1. The van der Waals surface area contributed by atoms with Crippen LogP contribution in [0.4, 0.5) is 11.8 Å². The highest BCUT2D eigenvalue weighted by Crippen LogP contribution is 2.16. The van der Waals surface area contributed by atoms with Crippen LogP contribution < -0.4 is 14.5 Å². The molecule has 0 saturated carbocycles. The second-order valence-corrected chi connectivity index (χ2v) is 4.44. The first-order valence-corrected chi connectivity index (χ1v) is 6.50. The number of ether oxygens (including phenoxy) is 1. The molecule has 1 aliphatic rings. The van der Waals surface area contributed by atoms with Gasteiger partial charge < -0.3 is 14.5 Å². The van der Waals surface area contributed by atoms with Crippen molar-refractivity contribution in [3.8, 4) is 5.88 Å². The molecule has 1 fully saturated rings. The molecular formula is C13H16N6O. The Bertz CT molecular complexity index is 556. The molecule has 2 aromatic heterocycles. The van der Waals surface area contributed by atoms with Crippen molar-refractivity contribution in [1.82, 2.24) is 19.9 Å². The normalized spacial score (nSPS) is 15.2. The summed E-state index contributed by atoms with van der Waals surface area (Å²) in [5.41, 5.74) is 0. The number of methoxy groups -OCH3 is 1. The van der Waals surface area contributed by atoms with Crippen molar-refractivity contribution in [3.05, 3.63) is 30.9 Å². The van der Waals surface area contributed by atoms with Gasteiger partial charge in [-0.25, -0.2) is 9.97 Å². The van der Waals surface area contributed by atoms with Crippen molar-refractivity contribution in [2.45, 2.75) is 0 Å². The molecule has 0 N–H and O–H groups in total. The van der Waals surface area contributed by atoms with Gasteiger partial charge in [-0.1, -0.05) is 0 Å². The Hall–Kier alpha value is -2.44. The minimum Gasteiger partial charge on any atom is -0.481 e. The molecule has 1 aliphatic heterocycles. The quantitative estimate of drug-likeness (QED) is 0.810. The molecule has 0 spiro atoms. The molecule has 0 amide bonds. The first-order valence-electron chi connectivity index (χ1n) is 6.50. The third-order valence-electron chi connectivity index (χ3n) is 3.26. The Labute approximate surface area is 117 Å². The maximum Gasteiger partial charge on any atom is 0.228 e. The maximum absolute atomic E-state index is 5.13. The van der Waals surface area contributed by atoms with Gasteiger partial charge in [-0.3, -0.25) is 4.98 Å². The average molecular weight is 272 g/mol. The summed E-state index contributed by atoms with van der Waals surface area (Å²) in [7, 11) is 1.61. The fourth-order valence-electron chi connectivity index (χ4n) is 2.19. The molecule has 0 radical (unpaired) electrons. The van der Waals surface area contributed by atoms with Gasteiger partial charge in [0.15, 0.2) is 0 Å². The van der Waals surface area contributed by atoms with E-state index in [1.807, 2.05) is 0 Å². The highest BCUT2D eigenvalue weighted by Gasteiger charge is 2.20. The van der Waals surface area contributed by atoms with Crippen molar-refractivity contribution in [1.29, 1.82) is 0 Å². The molecule has 0 aliphatic carbocycles. The molecule has 0 unspecified atom stereocenters. The van der Waals surface area contributed by atoms with Crippen LogP contribution in [0.5, 0.6) is 5.88 Å². The number of nitrogens with zero attached hydrogens (tertiary/aromatic N) is 6. The van der Waals surface area contributed by atoms with E-state index in [2.05, 4.69) is 29.7 Å². The van der Waals surface area contributed by atoms with Crippen LogP contribution in [-0.2, 0) is 0 Å². The van der Waals surface area contributed by atoms with Crippen LogP contribution in [0.2, 0.25) is 0 Å². The van der Waals surface area contributed by atoms with Gasteiger partial charge in [0.25, 0.3) is 0 Å². The summed E-state index contributed by atoms with van der Waals surface area (Å²) in [6.45, 7) is 3.45. The zero-order chi connectivity index (χ0) is 13.8. The number of anilines is 2. The molecule has 3 heterocycles. The van der Waals surface area contributed by atoms with E-state index in [0.717, 1.165) is 32.0 Å². The van der Waals surface area contributed by atoms with Crippen LogP contribution in [0.3, 0.4) is 0 Å². The Morgan fingerprint density at radius 2 is 1.80 bits per heavy atom. The fourth-order valence-corrected chi connectivity index (χ4v) is 2.19. The summed E-state index contributed by atoms with van der Waals surface area (Å²) in [5, 5.41) is 0.